The van der Waals surface area contributed by atoms with Crippen molar-refractivity contribution in [1.82, 2.24) is 4.57 Å². The van der Waals surface area contributed by atoms with Crippen molar-refractivity contribution in [2.45, 2.75) is 52.5 Å². The Labute approximate surface area is 192 Å². The highest BCUT2D eigenvalue weighted by molar-refractivity contribution is 5.82. The molecule has 0 aliphatic carbocycles. The monoisotopic (exact) mass is 453 g/mol. The molecule has 176 valence electrons. The van der Waals surface area contributed by atoms with E-state index in [4.69, 9.17) is 13.9 Å². The number of pyridine rings is 1. The fraction of sp³-hybridized carbons (Fsp3) is 0.423. The number of carbonyl (C=O) groups is 1. The van der Waals surface area contributed by atoms with Crippen LogP contribution in [0.4, 0.5) is 0 Å². The molecule has 0 aliphatic heterocycles. The van der Waals surface area contributed by atoms with Crippen molar-refractivity contribution in [2.24, 2.45) is 5.92 Å². The molecule has 2 aromatic heterocycles. The first-order valence-corrected chi connectivity index (χ1v) is 11.4. The summed E-state index contributed by atoms with van der Waals surface area (Å²) in [7, 11) is 1.54. The number of hydrogen-bond acceptors (Lipinski definition) is 6. The van der Waals surface area contributed by atoms with E-state index in [1.165, 1.54) is 6.07 Å². The summed E-state index contributed by atoms with van der Waals surface area (Å²) in [6.45, 7) is 4.65. The van der Waals surface area contributed by atoms with Gasteiger partial charge in [0.25, 0.3) is 5.56 Å². The molecule has 0 amide bonds. The van der Waals surface area contributed by atoms with Gasteiger partial charge < -0.3 is 18.5 Å². The summed E-state index contributed by atoms with van der Waals surface area (Å²) in [6.07, 6.45) is 6.21. The predicted octanol–water partition coefficient (Wildman–Crippen LogP) is 4.78. The Hall–Kier alpha value is -3.35. The number of rotatable bonds is 11. The molecular formula is C26H31NO6. The molecule has 0 fully saturated rings. The number of esters is 1. The molecule has 33 heavy (non-hydrogen) atoms. The van der Waals surface area contributed by atoms with E-state index in [1.807, 2.05) is 26.0 Å². The van der Waals surface area contributed by atoms with Crippen molar-refractivity contribution in [2.75, 3.05) is 13.7 Å². The second-order valence-corrected chi connectivity index (χ2v) is 8.36. The second kappa shape index (κ2) is 11.5. The SMILES string of the molecule is COc1ccccc1-c1cc2cc(=O)n(CCCCCCCOC(=O)C(C)C)cc2oc1=O. The number of aryl methyl sites for hydroxylation is 1. The minimum Gasteiger partial charge on any atom is -0.496 e. The van der Waals surface area contributed by atoms with Crippen molar-refractivity contribution >= 4 is 16.9 Å². The first-order valence-electron chi connectivity index (χ1n) is 11.4. The van der Waals surface area contributed by atoms with E-state index in [1.54, 1.807) is 36.1 Å². The largest absolute Gasteiger partial charge is 0.496 e. The zero-order valence-electron chi connectivity index (χ0n) is 19.5. The third-order valence-corrected chi connectivity index (χ3v) is 5.50. The van der Waals surface area contributed by atoms with Gasteiger partial charge in [0.15, 0.2) is 5.58 Å². The van der Waals surface area contributed by atoms with Crippen LogP contribution in [-0.4, -0.2) is 24.3 Å². The molecule has 0 aliphatic rings. The molecule has 3 aromatic rings. The van der Waals surface area contributed by atoms with E-state index in [0.717, 1.165) is 32.1 Å². The lowest BCUT2D eigenvalue weighted by molar-refractivity contribution is -0.147. The van der Waals surface area contributed by atoms with E-state index in [9.17, 15) is 14.4 Å². The third kappa shape index (κ3) is 6.34. The van der Waals surface area contributed by atoms with Gasteiger partial charge in [-0.25, -0.2) is 4.79 Å². The lowest BCUT2D eigenvalue weighted by Gasteiger charge is -2.10. The number of carbonyl (C=O) groups excluding carboxylic acids is 1. The van der Waals surface area contributed by atoms with Gasteiger partial charge in [0.05, 0.1) is 31.4 Å². The fourth-order valence-corrected chi connectivity index (χ4v) is 3.62. The van der Waals surface area contributed by atoms with E-state index >= 15 is 0 Å². The second-order valence-electron chi connectivity index (χ2n) is 8.36. The Balaban J connectivity index is 1.59. The van der Waals surface area contributed by atoms with Crippen LogP contribution in [0.2, 0.25) is 0 Å². The van der Waals surface area contributed by atoms with Crippen LogP contribution in [0.3, 0.4) is 0 Å². The molecule has 0 unspecified atom stereocenters. The maximum absolute atomic E-state index is 12.6. The molecule has 0 saturated heterocycles. The van der Waals surface area contributed by atoms with Crippen LogP contribution >= 0.6 is 0 Å². The average Bonchev–Trinajstić information content (AvgIpc) is 2.80. The Kier molecular flexibility index (Phi) is 8.46. The summed E-state index contributed by atoms with van der Waals surface area (Å²) >= 11 is 0. The van der Waals surface area contributed by atoms with Gasteiger partial charge in [0.1, 0.15) is 5.75 Å². The van der Waals surface area contributed by atoms with Gasteiger partial charge >= 0.3 is 11.6 Å². The number of hydrogen-bond donors (Lipinski definition) is 0. The predicted molar refractivity (Wildman–Crippen MR) is 128 cm³/mol. The number of aromatic nitrogens is 1. The van der Waals surface area contributed by atoms with Crippen molar-refractivity contribution in [3.8, 4) is 16.9 Å². The Bertz CT molecular complexity index is 1210. The molecule has 1 aromatic carbocycles. The molecule has 2 heterocycles. The van der Waals surface area contributed by atoms with E-state index < -0.39 is 5.63 Å². The van der Waals surface area contributed by atoms with Crippen LogP contribution in [0.5, 0.6) is 5.75 Å². The number of para-hydroxylation sites is 1. The molecule has 7 nitrogen and oxygen atoms in total. The number of methoxy groups -OCH3 is 1. The summed E-state index contributed by atoms with van der Waals surface area (Å²) < 4.78 is 17.6. The molecule has 0 spiro atoms. The van der Waals surface area contributed by atoms with E-state index in [0.29, 0.717) is 41.0 Å². The summed E-state index contributed by atoms with van der Waals surface area (Å²) in [4.78, 5) is 36.6. The van der Waals surface area contributed by atoms with E-state index in [2.05, 4.69) is 0 Å². The molecular weight excluding hydrogens is 422 g/mol. The van der Waals surface area contributed by atoms with Gasteiger partial charge in [-0.05, 0) is 25.0 Å². The minimum absolute atomic E-state index is 0.0950. The minimum atomic E-state index is -0.477. The number of fused-ring (bicyclic) bond motifs is 1. The molecule has 0 atom stereocenters. The zero-order chi connectivity index (χ0) is 23.8. The number of ether oxygens (including phenoxy) is 2. The molecule has 0 N–H and O–H groups in total. The molecule has 0 radical (unpaired) electrons. The summed E-state index contributed by atoms with van der Waals surface area (Å²) in [5, 5.41) is 0.577. The first kappa shape index (κ1) is 24.3. The Morgan fingerprint density at radius 3 is 2.48 bits per heavy atom. The van der Waals surface area contributed by atoms with Crippen LogP contribution in [0.25, 0.3) is 22.1 Å². The highest BCUT2D eigenvalue weighted by atomic mass is 16.5. The standard InChI is InChI=1S/C26H31NO6/c1-18(2)25(29)32-14-10-6-4-5-9-13-27-17-23-19(16-24(27)28)15-21(26(30)33-23)20-11-7-8-12-22(20)31-3/h7-8,11-12,15-18H,4-6,9-10,13-14H2,1-3H3. The lowest BCUT2D eigenvalue weighted by Crippen LogP contribution is -2.19. The van der Waals surface area contributed by atoms with Crippen LogP contribution in [-0.2, 0) is 16.1 Å². The molecule has 0 bridgehead atoms. The quantitative estimate of drug-likeness (QED) is 0.307. The summed E-state index contributed by atoms with van der Waals surface area (Å²) in [6, 6.07) is 10.4. The van der Waals surface area contributed by atoms with Gasteiger partial charge in [-0.2, -0.15) is 0 Å². The zero-order valence-corrected chi connectivity index (χ0v) is 19.5. The molecule has 0 saturated carbocycles. The maximum Gasteiger partial charge on any atom is 0.344 e. The summed E-state index contributed by atoms with van der Waals surface area (Å²) in [5.74, 6) is 0.311. The van der Waals surface area contributed by atoms with Crippen LogP contribution in [0, 0.1) is 5.92 Å². The Morgan fingerprint density at radius 1 is 1.00 bits per heavy atom. The average molecular weight is 454 g/mol. The van der Waals surface area contributed by atoms with E-state index in [-0.39, 0.29) is 17.4 Å². The normalized spacial score (nSPS) is 11.2. The fourth-order valence-electron chi connectivity index (χ4n) is 3.62. The highest BCUT2D eigenvalue weighted by Crippen LogP contribution is 2.28. The topological polar surface area (TPSA) is 87.7 Å². The van der Waals surface area contributed by atoms with Crippen molar-refractivity contribution in [1.29, 1.82) is 0 Å². The maximum atomic E-state index is 12.6. The molecule has 7 heteroatoms. The Morgan fingerprint density at radius 2 is 1.73 bits per heavy atom. The van der Waals surface area contributed by atoms with Gasteiger partial charge in [-0.1, -0.05) is 51.3 Å². The smallest absolute Gasteiger partial charge is 0.344 e. The van der Waals surface area contributed by atoms with Crippen LogP contribution < -0.4 is 15.9 Å². The van der Waals surface area contributed by atoms with Crippen LogP contribution in [0.1, 0.15) is 46.0 Å². The third-order valence-electron chi connectivity index (χ3n) is 5.50. The molecule has 3 rings (SSSR count). The van der Waals surface area contributed by atoms with Gasteiger partial charge in [0, 0.05) is 23.6 Å². The number of unbranched alkanes of at least 4 members (excludes halogenated alkanes) is 4. The lowest BCUT2D eigenvalue weighted by atomic mass is 10.1. The number of benzene rings is 1. The van der Waals surface area contributed by atoms with Crippen molar-refractivity contribution in [3.63, 3.8) is 0 Å². The summed E-state index contributed by atoms with van der Waals surface area (Å²) in [5.41, 5.74) is 0.749. The van der Waals surface area contributed by atoms with Gasteiger partial charge in [-0.3, -0.25) is 9.59 Å². The van der Waals surface area contributed by atoms with Crippen molar-refractivity contribution < 1.29 is 18.7 Å². The number of nitrogens with zero attached hydrogens (tertiary/aromatic N) is 1. The van der Waals surface area contributed by atoms with Gasteiger partial charge in [-0.15, -0.1) is 0 Å². The van der Waals surface area contributed by atoms with Crippen LogP contribution in [0.15, 0.2) is 56.6 Å². The van der Waals surface area contributed by atoms with Gasteiger partial charge in [0.2, 0.25) is 0 Å². The highest BCUT2D eigenvalue weighted by Gasteiger charge is 2.13. The van der Waals surface area contributed by atoms with Crippen molar-refractivity contribution in [3.05, 3.63) is 63.4 Å². The first-order chi connectivity index (χ1) is 15.9.